The van der Waals surface area contributed by atoms with Gasteiger partial charge in [-0.05, 0) is 51.6 Å². The van der Waals surface area contributed by atoms with Gasteiger partial charge in [-0.1, -0.05) is 13.8 Å². The Hall–Kier alpha value is -0.0800. The molecule has 0 aromatic rings. The third kappa shape index (κ3) is 2.94. The molecule has 1 N–H and O–H groups in total. The summed E-state index contributed by atoms with van der Waals surface area (Å²) in [5.74, 6) is 0. The molecule has 0 heterocycles. The van der Waals surface area contributed by atoms with Crippen LogP contribution in [-0.2, 0) is 0 Å². The van der Waals surface area contributed by atoms with Gasteiger partial charge in [-0.3, -0.25) is 4.90 Å². The lowest BCUT2D eigenvalue weighted by atomic mass is 10.2. The van der Waals surface area contributed by atoms with E-state index in [-0.39, 0.29) is 0 Å². The van der Waals surface area contributed by atoms with Crippen LogP contribution in [0.4, 0.5) is 0 Å². The van der Waals surface area contributed by atoms with Gasteiger partial charge in [0.05, 0.1) is 0 Å². The number of hydrogen-bond acceptors (Lipinski definition) is 2. The van der Waals surface area contributed by atoms with E-state index in [9.17, 15) is 0 Å². The summed E-state index contributed by atoms with van der Waals surface area (Å²) in [5.41, 5.74) is 0. The van der Waals surface area contributed by atoms with Crippen molar-refractivity contribution in [3.05, 3.63) is 0 Å². The van der Waals surface area contributed by atoms with Gasteiger partial charge in [-0.2, -0.15) is 0 Å². The fourth-order valence-corrected chi connectivity index (χ4v) is 3.01. The fourth-order valence-electron chi connectivity index (χ4n) is 3.01. The van der Waals surface area contributed by atoms with Crippen molar-refractivity contribution in [2.75, 3.05) is 13.1 Å². The Balaban J connectivity index is 1.75. The van der Waals surface area contributed by atoms with Crippen LogP contribution in [0.5, 0.6) is 0 Å². The van der Waals surface area contributed by atoms with E-state index in [0.29, 0.717) is 0 Å². The summed E-state index contributed by atoms with van der Waals surface area (Å²) in [6.45, 7) is 7.04. The van der Waals surface area contributed by atoms with Crippen LogP contribution < -0.4 is 5.32 Å². The van der Waals surface area contributed by atoms with Gasteiger partial charge in [0.15, 0.2) is 0 Å². The van der Waals surface area contributed by atoms with Crippen LogP contribution in [0.25, 0.3) is 0 Å². The first-order valence-corrected chi connectivity index (χ1v) is 6.84. The Bertz CT molecular complexity index is 189. The predicted octanol–water partition coefficient (Wildman–Crippen LogP) is 2.39. The molecule has 15 heavy (non-hydrogen) atoms. The molecular weight excluding hydrogens is 184 g/mol. The lowest BCUT2D eigenvalue weighted by molar-refractivity contribution is 0.196. The van der Waals surface area contributed by atoms with Crippen molar-refractivity contribution < 1.29 is 0 Å². The molecule has 0 aliphatic heterocycles. The first-order valence-electron chi connectivity index (χ1n) is 6.84. The lowest BCUT2D eigenvalue weighted by Gasteiger charge is -2.27. The summed E-state index contributed by atoms with van der Waals surface area (Å²) in [5, 5.41) is 3.67. The van der Waals surface area contributed by atoms with Gasteiger partial charge >= 0.3 is 0 Å². The van der Waals surface area contributed by atoms with Crippen LogP contribution in [0.15, 0.2) is 0 Å². The van der Waals surface area contributed by atoms with Crippen molar-refractivity contribution in [3.8, 4) is 0 Å². The van der Waals surface area contributed by atoms with Gasteiger partial charge in [-0.25, -0.2) is 0 Å². The Kier molecular flexibility index (Phi) is 4.04. The molecule has 0 bridgehead atoms. The SMILES string of the molecule is CCCNC1CCC(N(CC)C2CC2)C1. The molecule has 2 heteroatoms. The quantitative estimate of drug-likeness (QED) is 0.724. The second-order valence-corrected chi connectivity index (χ2v) is 5.18. The molecule has 0 aromatic carbocycles. The first-order chi connectivity index (χ1) is 7.35. The predicted molar refractivity (Wildman–Crippen MR) is 65.1 cm³/mol. The van der Waals surface area contributed by atoms with E-state index in [1.54, 1.807) is 0 Å². The Morgan fingerprint density at radius 3 is 2.40 bits per heavy atom. The maximum Gasteiger partial charge on any atom is 0.0113 e. The molecule has 2 nitrogen and oxygen atoms in total. The minimum absolute atomic E-state index is 0.808. The van der Waals surface area contributed by atoms with E-state index in [1.807, 2.05) is 0 Å². The van der Waals surface area contributed by atoms with Crippen molar-refractivity contribution >= 4 is 0 Å². The van der Waals surface area contributed by atoms with E-state index >= 15 is 0 Å². The van der Waals surface area contributed by atoms with Crippen LogP contribution in [0.2, 0.25) is 0 Å². The molecule has 88 valence electrons. The van der Waals surface area contributed by atoms with E-state index < -0.39 is 0 Å². The standard InChI is InChI=1S/C13H26N2/c1-3-9-14-11-5-6-13(10-11)15(4-2)12-7-8-12/h11-14H,3-10H2,1-2H3. The van der Waals surface area contributed by atoms with E-state index in [1.165, 1.54) is 51.6 Å². The average Bonchev–Trinajstić information content (AvgIpc) is 2.96. The molecule has 2 aliphatic rings. The average molecular weight is 210 g/mol. The highest BCUT2D eigenvalue weighted by Gasteiger charge is 2.36. The molecule has 0 saturated heterocycles. The normalized spacial score (nSPS) is 31.4. The Labute approximate surface area is 94.4 Å². The van der Waals surface area contributed by atoms with E-state index in [4.69, 9.17) is 0 Å². The largest absolute Gasteiger partial charge is 0.314 e. The summed E-state index contributed by atoms with van der Waals surface area (Å²) in [4.78, 5) is 2.76. The van der Waals surface area contributed by atoms with E-state index in [2.05, 4.69) is 24.1 Å². The Morgan fingerprint density at radius 2 is 1.80 bits per heavy atom. The monoisotopic (exact) mass is 210 g/mol. The molecule has 2 fully saturated rings. The van der Waals surface area contributed by atoms with Gasteiger partial charge in [0.1, 0.15) is 0 Å². The summed E-state index contributed by atoms with van der Waals surface area (Å²) in [7, 11) is 0. The fraction of sp³-hybridized carbons (Fsp3) is 1.00. The lowest BCUT2D eigenvalue weighted by Crippen LogP contribution is -2.37. The zero-order chi connectivity index (χ0) is 10.7. The number of rotatable bonds is 6. The zero-order valence-corrected chi connectivity index (χ0v) is 10.3. The van der Waals surface area contributed by atoms with Crippen molar-refractivity contribution in [2.45, 2.75) is 70.5 Å². The molecule has 2 rings (SSSR count). The molecule has 2 unspecified atom stereocenters. The van der Waals surface area contributed by atoms with Crippen molar-refractivity contribution in [1.29, 1.82) is 0 Å². The van der Waals surface area contributed by atoms with Gasteiger partial charge in [0.2, 0.25) is 0 Å². The highest BCUT2D eigenvalue weighted by molar-refractivity contribution is 4.93. The second-order valence-electron chi connectivity index (χ2n) is 5.18. The second kappa shape index (κ2) is 5.31. The molecule has 0 amide bonds. The zero-order valence-electron chi connectivity index (χ0n) is 10.3. The first kappa shape index (κ1) is 11.4. The molecule has 2 atom stereocenters. The Morgan fingerprint density at radius 1 is 1.07 bits per heavy atom. The molecule has 0 radical (unpaired) electrons. The summed E-state index contributed by atoms with van der Waals surface area (Å²) >= 11 is 0. The molecule has 2 saturated carbocycles. The number of hydrogen-bond donors (Lipinski definition) is 1. The third-order valence-electron chi connectivity index (χ3n) is 3.94. The van der Waals surface area contributed by atoms with Crippen LogP contribution in [0.3, 0.4) is 0 Å². The number of nitrogens with one attached hydrogen (secondary N) is 1. The smallest absolute Gasteiger partial charge is 0.0113 e. The van der Waals surface area contributed by atoms with Crippen molar-refractivity contribution in [1.82, 2.24) is 10.2 Å². The maximum atomic E-state index is 3.67. The molecule has 2 aliphatic carbocycles. The summed E-state index contributed by atoms with van der Waals surface area (Å²) in [6, 6.07) is 2.64. The highest BCUT2D eigenvalue weighted by atomic mass is 15.2. The van der Waals surface area contributed by atoms with Crippen LogP contribution in [-0.4, -0.2) is 36.1 Å². The third-order valence-corrected chi connectivity index (χ3v) is 3.94. The van der Waals surface area contributed by atoms with Gasteiger partial charge < -0.3 is 5.32 Å². The highest BCUT2D eigenvalue weighted by Crippen LogP contribution is 2.34. The summed E-state index contributed by atoms with van der Waals surface area (Å²) in [6.07, 6.45) is 8.39. The maximum absolute atomic E-state index is 3.67. The van der Waals surface area contributed by atoms with Gasteiger partial charge in [-0.15, -0.1) is 0 Å². The van der Waals surface area contributed by atoms with Crippen molar-refractivity contribution in [3.63, 3.8) is 0 Å². The minimum Gasteiger partial charge on any atom is -0.314 e. The van der Waals surface area contributed by atoms with E-state index in [0.717, 1.165) is 18.1 Å². The molecule has 0 spiro atoms. The number of nitrogens with zero attached hydrogens (tertiary/aromatic N) is 1. The van der Waals surface area contributed by atoms with Gasteiger partial charge in [0.25, 0.3) is 0 Å². The topological polar surface area (TPSA) is 15.3 Å². The molecule has 0 aromatic heterocycles. The molecular formula is C13H26N2. The summed E-state index contributed by atoms with van der Waals surface area (Å²) < 4.78 is 0. The van der Waals surface area contributed by atoms with Gasteiger partial charge in [0, 0.05) is 18.1 Å². The van der Waals surface area contributed by atoms with Crippen molar-refractivity contribution in [2.24, 2.45) is 0 Å². The minimum atomic E-state index is 0.808. The van der Waals surface area contributed by atoms with Crippen LogP contribution in [0.1, 0.15) is 52.4 Å². The van der Waals surface area contributed by atoms with Crippen LogP contribution in [0, 0.1) is 0 Å². The van der Waals surface area contributed by atoms with Crippen LogP contribution >= 0.6 is 0 Å².